The van der Waals surface area contributed by atoms with Crippen LogP contribution in [0.25, 0.3) is 11.0 Å². The molecule has 1 aliphatic heterocycles. The summed E-state index contributed by atoms with van der Waals surface area (Å²) in [5, 5.41) is 8.23. The van der Waals surface area contributed by atoms with Crippen LogP contribution >= 0.6 is 0 Å². The van der Waals surface area contributed by atoms with E-state index in [1.807, 2.05) is 25.1 Å². The second kappa shape index (κ2) is 8.29. The van der Waals surface area contributed by atoms with E-state index in [-0.39, 0.29) is 5.91 Å². The van der Waals surface area contributed by atoms with Crippen LogP contribution in [0.15, 0.2) is 41.3 Å². The van der Waals surface area contributed by atoms with Gasteiger partial charge < -0.3 is 4.90 Å². The van der Waals surface area contributed by atoms with Gasteiger partial charge in [0.05, 0.1) is 10.4 Å². The minimum absolute atomic E-state index is 0.108. The van der Waals surface area contributed by atoms with Crippen LogP contribution in [-0.4, -0.2) is 64.7 Å². The quantitative estimate of drug-likeness (QED) is 0.606. The van der Waals surface area contributed by atoms with Crippen LogP contribution < -0.4 is 0 Å². The maximum Gasteiger partial charge on any atom is 0.254 e. The van der Waals surface area contributed by atoms with E-state index >= 15 is 0 Å². The fraction of sp³-hybridized carbons (Fsp3) is 0.435. The third-order valence-corrected chi connectivity index (χ3v) is 8.44. The van der Waals surface area contributed by atoms with E-state index in [1.54, 1.807) is 27.8 Å². The summed E-state index contributed by atoms with van der Waals surface area (Å²) in [6.45, 7) is 4.01. The minimum atomic E-state index is -3.56. The van der Waals surface area contributed by atoms with Crippen molar-refractivity contribution in [2.75, 3.05) is 26.2 Å². The van der Waals surface area contributed by atoms with Crippen molar-refractivity contribution in [1.82, 2.24) is 24.2 Å². The molecule has 168 valence electrons. The molecule has 5 rings (SSSR count). The highest BCUT2D eigenvalue weighted by atomic mass is 32.2. The third kappa shape index (κ3) is 3.69. The van der Waals surface area contributed by atoms with Gasteiger partial charge in [0.15, 0.2) is 0 Å². The van der Waals surface area contributed by atoms with E-state index in [1.165, 1.54) is 16.3 Å². The lowest BCUT2D eigenvalue weighted by Crippen LogP contribution is -2.50. The summed E-state index contributed by atoms with van der Waals surface area (Å²) in [5.74, 6) is -0.108. The zero-order valence-electron chi connectivity index (χ0n) is 18.2. The number of carbonyl (C=O) groups is 1. The first-order valence-electron chi connectivity index (χ1n) is 11.2. The zero-order valence-corrected chi connectivity index (χ0v) is 19.0. The topological polar surface area (TPSA) is 88.4 Å². The number of hydrogen-bond donors (Lipinski definition) is 0. The summed E-state index contributed by atoms with van der Waals surface area (Å²) in [4.78, 5) is 15.1. The van der Waals surface area contributed by atoms with Gasteiger partial charge in [0.1, 0.15) is 5.52 Å². The predicted molar refractivity (Wildman–Crippen MR) is 121 cm³/mol. The second-order valence-electron chi connectivity index (χ2n) is 8.44. The summed E-state index contributed by atoms with van der Waals surface area (Å²) >= 11 is 0. The summed E-state index contributed by atoms with van der Waals surface area (Å²) in [6, 6.07) is 11.0. The number of hydrogen-bond acceptors (Lipinski definition) is 5. The first-order valence-corrected chi connectivity index (χ1v) is 12.7. The lowest BCUT2D eigenvalue weighted by atomic mass is 9.92. The number of fused-ring (bicyclic) bond motifs is 2. The Kier molecular flexibility index (Phi) is 5.46. The lowest BCUT2D eigenvalue weighted by molar-refractivity contribution is 0.0698. The van der Waals surface area contributed by atoms with Crippen LogP contribution in [0.4, 0.5) is 0 Å². The highest BCUT2D eigenvalue weighted by Gasteiger charge is 2.31. The minimum Gasteiger partial charge on any atom is -0.336 e. The Balaban J connectivity index is 1.28. The van der Waals surface area contributed by atoms with Crippen LogP contribution in [0.3, 0.4) is 0 Å². The van der Waals surface area contributed by atoms with E-state index in [9.17, 15) is 13.2 Å². The standard InChI is InChI=1S/C23H27N5O3S/c1-2-28-22-10-8-19(16-21(22)24-25-28)23(29)26-11-13-27(14-12-26)32(30,31)20-9-7-17-5-3-4-6-18(17)15-20/h7-10,15-16H,2-6,11-14H2,1H3. The monoisotopic (exact) mass is 453 g/mol. The van der Waals surface area contributed by atoms with E-state index in [4.69, 9.17) is 0 Å². The molecule has 2 heterocycles. The van der Waals surface area contributed by atoms with Crippen molar-refractivity contribution in [1.29, 1.82) is 0 Å². The van der Waals surface area contributed by atoms with Crippen molar-refractivity contribution in [3.63, 3.8) is 0 Å². The molecule has 9 heteroatoms. The molecule has 1 aromatic heterocycles. The average molecular weight is 454 g/mol. The number of benzene rings is 2. The van der Waals surface area contributed by atoms with Gasteiger partial charge in [-0.3, -0.25) is 4.79 Å². The number of carbonyl (C=O) groups excluding carboxylic acids is 1. The smallest absolute Gasteiger partial charge is 0.254 e. The Morgan fingerprint density at radius 2 is 1.72 bits per heavy atom. The zero-order chi connectivity index (χ0) is 22.3. The Morgan fingerprint density at radius 3 is 2.47 bits per heavy atom. The van der Waals surface area contributed by atoms with Gasteiger partial charge in [-0.25, -0.2) is 13.1 Å². The molecular formula is C23H27N5O3S. The van der Waals surface area contributed by atoms with Crippen molar-refractivity contribution in [2.45, 2.75) is 44.0 Å². The lowest BCUT2D eigenvalue weighted by Gasteiger charge is -2.34. The highest BCUT2D eigenvalue weighted by molar-refractivity contribution is 7.89. The maximum absolute atomic E-state index is 13.2. The fourth-order valence-electron chi connectivity index (χ4n) is 4.67. The normalized spacial score (nSPS) is 17.5. The summed E-state index contributed by atoms with van der Waals surface area (Å²) in [5.41, 5.74) is 4.55. The average Bonchev–Trinajstić information content (AvgIpc) is 3.25. The number of nitrogens with zero attached hydrogens (tertiary/aromatic N) is 5. The Labute approximate surface area is 187 Å². The molecular weight excluding hydrogens is 426 g/mol. The molecule has 0 unspecified atom stereocenters. The van der Waals surface area contributed by atoms with E-state index in [0.717, 1.165) is 30.3 Å². The Hall–Kier alpha value is -2.78. The molecule has 0 bridgehead atoms. The van der Waals surface area contributed by atoms with Gasteiger partial charge >= 0.3 is 0 Å². The first kappa shape index (κ1) is 21.1. The molecule has 0 radical (unpaired) electrons. The summed E-state index contributed by atoms with van der Waals surface area (Å²) in [6.07, 6.45) is 4.24. The van der Waals surface area contributed by atoms with Crippen molar-refractivity contribution < 1.29 is 13.2 Å². The molecule has 1 amide bonds. The summed E-state index contributed by atoms with van der Waals surface area (Å²) in [7, 11) is -3.56. The number of rotatable bonds is 4. The van der Waals surface area contributed by atoms with Crippen LogP contribution in [-0.2, 0) is 29.4 Å². The molecule has 1 saturated heterocycles. The first-order chi connectivity index (χ1) is 15.5. The Bertz CT molecular complexity index is 1280. The van der Waals surface area contributed by atoms with Gasteiger partial charge in [-0.2, -0.15) is 4.31 Å². The van der Waals surface area contributed by atoms with Gasteiger partial charge in [-0.1, -0.05) is 11.3 Å². The van der Waals surface area contributed by atoms with Gasteiger partial charge in [-0.15, -0.1) is 5.10 Å². The Morgan fingerprint density at radius 1 is 0.969 bits per heavy atom. The number of amides is 1. The maximum atomic E-state index is 13.2. The molecule has 2 aliphatic rings. The fourth-order valence-corrected chi connectivity index (χ4v) is 6.15. The van der Waals surface area contributed by atoms with E-state index < -0.39 is 10.0 Å². The molecule has 0 N–H and O–H groups in total. The van der Waals surface area contributed by atoms with E-state index in [2.05, 4.69) is 10.3 Å². The molecule has 8 nitrogen and oxygen atoms in total. The van der Waals surface area contributed by atoms with Crippen LogP contribution in [0.2, 0.25) is 0 Å². The van der Waals surface area contributed by atoms with Crippen LogP contribution in [0.5, 0.6) is 0 Å². The molecule has 2 aromatic carbocycles. The molecule has 1 fully saturated rings. The van der Waals surface area contributed by atoms with Crippen molar-refractivity contribution in [3.8, 4) is 0 Å². The summed E-state index contributed by atoms with van der Waals surface area (Å²) < 4.78 is 29.7. The number of aromatic nitrogens is 3. The van der Waals surface area contributed by atoms with E-state index in [0.29, 0.717) is 48.7 Å². The van der Waals surface area contributed by atoms with Gasteiger partial charge in [0.25, 0.3) is 5.91 Å². The number of piperazine rings is 1. The molecule has 3 aromatic rings. The van der Waals surface area contributed by atoms with Crippen LogP contribution in [0.1, 0.15) is 41.3 Å². The number of aryl methyl sites for hydroxylation is 3. The number of sulfonamides is 1. The SMILES string of the molecule is CCn1nnc2cc(C(=O)N3CCN(S(=O)(=O)c4ccc5c(c4)CCCC5)CC3)ccc21. The molecule has 0 saturated carbocycles. The molecule has 1 aliphatic carbocycles. The van der Waals surface area contributed by atoms with Gasteiger partial charge in [0.2, 0.25) is 10.0 Å². The molecule has 0 atom stereocenters. The largest absolute Gasteiger partial charge is 0.336 e. The third-order valence-electron chi connectivity index (χ3n) is 6.54. The van der Waals surface area contributed by atoms with Crippen molar-refractivity contribution >= 4 is 27.0 Å². The van der Waals surface area contributed by atoms with Crippen molar-refractivity contribution in [3.05, 3.63) is 53.1 Å². The second-order valence-corrected chi connectivity index (χ2v) is 10.4. The highest BCUT2D eigenvalue weighted by Crippen LogP contribution is 2.26. The van der Waals surface area contributed by atoms with Gasteiger partial charge in [0, 0.05) is 38.3 Å². The van der Waals surface area contributed by atoms with Crippen molar-refractivity contribution in [2.24, 2.45) is 0 Å². The predicted octanol–water partition coefficient (Wildman–Crippen LogP) is 2.48. The molecule has 0 spiro atoms. The van der Waals surface area contributed by atoms with Gasteiger partial charge in [-0.05, 0) is 74.1 Å². The van der Waals surface area contributed by atoms with Crippen LogP contribution in [0, 0.1) is 0 Å². The molecule has 32 heavy (non-hydrogen) atoms.